The molecule has 0 heterocycles. The van der Waals surface area contributed by atoms with Crippen LogP contribution in [0.3, 0.4) is 0 Å². The van der Waals surface area contributed by atoms with E-state index in [0.29, 0.717) is 6.04 Å². The molecular formula is C16H23N. The van der Waals surface area contributed by atoms with E-state index >= 15 is 0 Å². The van der Waals surface area contributed by atoms with Crippen LogP contribution in [0.25, 0.3) is 0 Å². The second-order valence-corrected chi connectivity index (χ2v) is 6.11. The minimum absolute atomic E-state index is 0.573. The first-order valence-electron chi connectivity index (χ1n) is 6.93. The summed E-state index contributed by atoms with van der Waals surface area (Å²) >= 11 is 0. The number of benzene rings is 1. The van der Waals surface area contributed by atoms with Gasteiger partial charge in [0.1, 0.15) is 0 Å². The second kappa shape index (κ2) is 4.13. The van der Waals surface area contributed by atoms with Crippen LogP contribution in [-0.2, 0) is 0 Å². The molecule has 0 radical (unpaired) electrons. The largest absolute Gasteiger partial charge is 0.313 e. The number of fused-ring (bicyclic) bond motifs is 1. The second-order valence-electron chi connectivity index (χ2n) is 6.11. The van der Waals surface area contributed by atoms with Crippen molar-refractivity contribution in [3.05, 3.63) is 34.9 Å². The number of rotatable bonds is 3. The molecule has 3 unspecified atom stereocenters. The normalized spacial score (nSPS) is 32.3. The fraction of sp³-hybridized carbons (Fsp3) is 0.625. The third-order valence-electron chi connectivity index (χ3n) is 4.82. The molecule has 3 atom stereocenters. The van der Waals surface area contributed by atoms with Crippen LogP contribution in [-0.4, -0.2) is 7.05 Å². The smallest absolute Gasteiger partial charge is 0.0348 e. The lowest BCUT2D eigenvalue weighted by molar-refractivity contribution is 0.358. The van der Waals surface area contributed by atoms with Crippen LogP contribution >= 0.6 is 0 Å². The molecule has 3 rings (SSSR count). The highest BCUT2D eigenvalue weighted by Gasteiger charge is 2.47. The maximum Gasteiger partial charge on any atom is 0.0348 e. The first kappa shape index (κ1) is 11.3. The van der Waals surface area contributed by atoms with Gasteiger partial charge in [0.25, 0.3) is 0 Å². The van der Waals surface area contributed by atoms with Crippen molar-refractivity contribution in [1.82, 2.24) is 5.32 Å². The Bertz CT molecular complexity index is 414. The van der Waals surface area contributed by atoms with E-state index in [9.17, 15) is 0 Å². The van der Waals surface area contributed by atoms with Gasteiger partial charge in [0, 0.05) is 6.04 Å². The van der Waals surface area contributed by atoms with E-state index in [1.54, 1.807) is 0 Å². The molecule has 1 nitrogen and oxygen atoms in total. The Morgan fingerprint density at radius 3 is 2.41 bits per heavy atom. The van der Waals surface area contributed by atoms with E-state index in [4.69, 9.17) is 0 Å². The molecule has 0 spiro atoms. The summed E-state index contributed by atoms with van der Waals surface area (Å²) in [5.41, 5.74) is 4.34. The Morgan fingerprint density at radius 2 is 1.82 bits per heavy atom. The molecule has 17 heavy (non-hydrogen) atoms. The Morgan fingerprint density at radius 1 is 1.12 bits per heavy atom. The minimum Gasteiger partial charge on any atom is -0.313 e. The summed E-state index contributed by atoms with van der Waals surface area (Å²) in [5.74, 6) is 3.01. The van der Waals surface area contributed by atoms with Crippen LogP contribution in [0.4, 0.5) is 0 Å². The molecule has 92 valence electrons. The van der Waals surface area contributed by atoms with Gasteiger partial charge in [0.2, 0.25) is 0 Å². The van der Waals surface area contributed by atoms with E-state index in [-0.39, 0.29) is 0 Å². The Labute approximate surface area is 105 Å². The van der Waals surface area contributed by atoms with Crippen molar-refractivity contribution in [2.45, 2.75) is 39.2 Å². The van der Waals surface area contributed by atoms with Crippen molar-refractivity contribution in [3.63, 3.8) is 0 Å². The Kier molecular flexibility index (Phi) is 2.74. The summed E-state index contributed by atoms with van der Waals surface area (Å²) in [6.45, 7) is 4.43. The van der Waals surface area contributed by atoms with E-state index in [1.165, 1.54) is 36.0 Å². The summed E-state index contributed by atoms with van der Waals surface area (Å²) in [6.07, 6.45) is 4.41. The van der Waals surface area contributed by atoms with Crippen molar-refractivity contribution in [2.24, 2.45) is 17.8 Å². The summed E-state index contributed by atoms with van der Waals surface area (Å²) in [6, 6.07) is 7.47. The van der Waals surface area contributed by atoms with Gasteiger partial charge >= 0.3 is 0 Å². The zero-order valence-electron chi connectivity index (χ0n) is 11.2. The van der Waals surface area contributed by atoms with Gasteiger partial charge in [-0.15, -0.1) is 0 Å². The van der Waals surface area contributed by atoms with Crippen LogP contribution in [0.5, 0.6) is 0 Å². The molecule has 2 fully saturated rings. The number of hydrogen-bond acceptors (Lipinski definition) is 1. The molecule has 1 N–H and O–H groups in total. The van der Waals surface area contributed by atoms with Gasteiger partial charge in [-0.3, -0.25) is 0 Å². The predicted molar refractivity (Wildman–Crippen MR) is 72.0 cm³/mol. The molecular weight excluding hydrogens is 206 g/mol. The number of nitrogens with one attached hydrogen (secondary N) is 1. The molecule has 0 bridgehead atoms. The topological polar surface area (TPSA) is 12.0 Å². The Balaban J connectivity index is 1.84. The third kappa shape index (κ3) is 2.01. The SMILES string of the molecule is CNC(c1ccc(C)cc1C)C1CC2CC2C1. The van der Waals surface area contributed by atoms with E-state index in [0.717, 1.165) is 17.8 Å². The highest BCUT2D eigenvalue weighted by atomic mass is 14.9. The van der Waals surface area contributed by atoms with Gasteiger partial charge in [0.05, 0.1) is 0 Å². The highest BCUT2D eigenvalue weighted by molar-refractivity contribution is 5.33. The van der Waals surface area contributed by atoms with Gasteiger partial charge in [-0.1, -0.05) is 23.8 Å². The molecule has 0 amide bonds. The van der Waals surface area contributed by atoms with Crippen molar-refractivity contribution in [2.75, 3.05) is 7.05 Å². The quantitative estimate of drug-likeness (QED) is 0.835. The summed E-state index contributed by atoms with van der Waals surface area (Å²) in [5, 5.41) is 3.56. The number of aryl methyl sites for hydroxylation is 2. The number of hydrogen-bond donors (Lipinski definition) is 1. The molecule has 0 aromatic heterocycles. The molecule has 1 heteroatoms. The molecule has 0 saturated heterocycles. The monoisotopic (exact) mass is 229 g/mol. The standard InChI is InChI=1S/C16H23N/c1-10-4-5-15(11(2)6-10)16(17-3)14-8-12-7-13(12)9-14/h4-6,12-14,16-17H,7-9H2,1-3H3. The van der Waals surface area contributed by atoms with Crippen LogP contribution in [0.1, 0.15) is 42.0 Å². The first-order chi connectivity index (χ1) is 8.19. The van der Waals surface area contributed by atoms with Gasteiger partial charge in [-0.25, -0.2) is 0 Å². The van der Waals surface area contributed by atoms with Gasteiger partial charge in [-0.2, -0.15) is 0 Å². The fourth-order valence-electron chi connectivity index (χ4n) is 3.85. The maximum absolute atomic E-state index is 3.56. The first-order valence-corrected chi connectivity index (χ1v) is 6.93. The summed E-state index contributed by atoms with van der Waals surface area (Å²) in [7, 11) is 2.12. The van der Waals surface area contributed by atoms with E-state index in [2.05, 4.69) is 44.4 Å². The van der Waals surface area contributed by atoms with Crippen LogP contribution in [0.15, 0.2) is 18.2 Å². The fourth-order valence-corrected chi connectivity index (χ4v) is 3.85. The molecule has 2 aliphatic carbocycles. The van der Waals surface area contributed by atoms with Crippen LogP contribution in [0, 0.1) is 31.6 Å². The predicted octanol–water partition coefficient (Wildman–Crippen LogP) is 3.61. The average Bonchev–Trinajstić information content (AvgIpc) is 2.90. The lowest BCUT2D eigenvalue weighted by atomic mass is 9.86. The summed E-state index contributed by atoms with van der Waals surface area (Å²) in [4.78, 5) is 0. The highest BCUT2D eigenvalue weighted by Crippen LogP contribution is 2.57. The maximum atomic E-state index is 3.56. The minimum atomic E-state index is 0.573. The molecule has 2 saturated carbocycles. The molecule has 0 aliphatic heterocycles. The van der Waals surface area contributed by atoms with Gasteiger partial charge < -0.3 is 5.32 Å². The molecule has 1 aromatic rings. The van der Waals surface area contributed by atoms with E-state index in [1.807, 2.05) is 0 Å². The third-order valence-corrected chi connectivity index (χ3v) is 4.82. The van der Waals surface area contributed by atoms with Gasteiger partial charge in [-0.05, 0) is 69.0 Å². The van der Waals surface area contributed by atoms with Crippen LogP contribution < -0.4 is 5.32 Å². The van der Waals surface area contributed by atoms with Crippen molar-refractivity contribution < 1.29 is 0 Å². The van der Waals surface area contributed by atoms with Crippen LogP contribution in [0.2, 0.25) is 0 Å². The van der Waals surface area contributed by atoms with Gasteiger partial charge in [0.15, 0.2) is 0 Å². The summed E-state index contributed by atoms with van der Waals surface area (Å²) < 4.78 is 0. The van der Waals surface area contributed by atoms with Crippen molar-refractivity contribution in [3.8, 4) is 0 Å². The molecule has 2 aliphatic rings. The zero-order chi connectivity index (χ0) is 12.0. The average molecular weight is 229 g/mol. The lowest BCUT2D eigenvalue weighted by Crippen LogP contribution is -2.25. The van der Waals surface area contributed by atoms with Crippen molar-refractivity contribution in [1.29, 1.82) is 0 Å². The Hall–Kier alpha value is -0.820. The zero-order valence-corrected chi connectivity index (χ0v) is 11.2. The lowest BCUT2D eigenvalue weighted by Gasteiger charge is -2.26. The van der Waals surface area contributed by atoms with Crippen molar-refractivity contribution >= 4 is 0 Å². The van der Waals surface area contributed by atoms with E-state index < -0.39 is 0 Å². The molecule has 1 aromatic carbocycles.